The van der Waals surface area contributed by atoms with Crippen molar-refractivity contribution in [2.75, 3.05) is 6.54 Å². The van der Waals surface area contributed by atoms with Gasteiger partial charge in [-0.2, -0.15) is 0 Å². The highest BCUT2D eigenvalue weighted by Crippen LogP contribution is 2.26. The van der Waals surface area contributed by atoms with E-state index >= 15 is 0 Å². The number of nitrogens with one attached hydrogen (secondary N) is 1. The third kappa shape index (κ3) is 4.07. The minimum atomic E-state index is -0.122. The van der Waals surface area contributed by atoms with Gasteiger partial charge in [0.1, 0.15) is 5.82 Å². The highest BCUT2D eigenvalue weighted by molar-refractivity contribution is 9.10. The number of halogens is 2. The molecule has 0 saturated heterocycles. The highest BCUT2D eigenvalue weighted by Gasteiger charge is 2.19. The van der Waals surface area contributed by atoms with Gasteiger partial charge in [0.05, 0.1) is 0 Å². The van der Waals surface area contributed by atoms with E-state index in [1.165, 1.54) is 0 Å². The molecule has 0 heterocycles. The van der Waals surface area contributed by atoms with E-state index in [1.54, 1.807) is 6.07 Å². The first-order chi connectivity index (χ1) is 8.10. The molecular weight excluding hydrogens is 281 g/mol. The Balaban J connectivity index is 2.81. The van der Waals surface area contributed by atoms with Crippen LogP contribution in [0.2, 0.25) is 0 Å². The molecule has 0 aromatic heterocycles. The summed E-state index contributed by atoms with van der Waals surface area (Å²) in [6.45, 7) is 7.36. The van der Waals surface area contributed by atoms with Crippen LogP contribution in [0.25, 0.3) is 0 Å². The molecule has 0 radical (unpaired) electrons. The second kappa shape index (κ2) is 7.12. The standard InChI is InChI=1S/C14H21BrFN/c1-4-8-17-14(5-2)10(3)12-7-6-11(15)9-13(12)16/h6-7,9-10,14,17H,4-5,8H2,1-3H3. The van der Waals surface area contributed by atoms with Gasteiger partial charge in [-0.25, -0.2) is 4.39 Å². The molecule has 3 heteroatoms. The minimum Gasteiger partial charge on any atom is -0.313 e. The van der Waals surface area contributed by atoms with Crippen LogP contribution in [0, 0.1) is 5.82 Å². The Labute approximate surface area is 112 Å². The number of hydrogen-bond acceptors (Lipinski definition) is 1. The third-order valence-electron chi connectivity index (χ3n) is 3.15. The van der Waals surface area contributed by atoms with E-state index in [9.17, 15) is 4.39 Å². The summed E-state index contributed by atoms with van der Waals surface area (Å²) in [5.41, 5.74) is 0.795. The summed E-state index contributed by atoms with van der Waals surface area (Å²) in [5.74, 6) is 0.0725. The average molecular weight is 302 g/mol. The van der Waals surface area contributed by atoms with Crippen molar-refractivity contribution in [1.82, 2.24) is 5.32 Å². The summed E-state index contributed by atoms with van der Waals surface area (Å²) in [4.78, 5) is 0. The lowest BCUT2D eigenvalue weighted by atomic mass is 9.91. The van der Waals surface area contributed by atoms with Crippen molar-refractivity contribution in [3.63, 3.8) is 0 Å². The van der Waals surface area contributed by atoms with Crippen LogP contribution in [0.15, 0.2) is 22.7 Å². The van der Waals surface area contributed by atoms with E-state index in [-0.39, 0.29) is 11.7 Å². The smallest absolute Gasteiger partial charge is 0.127 e. The Morgan fingerprint density at radius 2 is 2.06 bits per heavy atom. The normalized spacial score (nSPS) is 14.6. The molecule has 0 fully saturated rings. The molecule has 0 saturated carbocycles. The molecule has 2 unspecified atom stereocenters. The zero-order chi connectivity index (χ0) is 12.8. The largest absolute Gasteiger partial charge is 0.313 e. The van der Waals surface area contributed by atoms with E-state index in [0.29, 0.717) is 6.04 Å². The maximum absolute atomic E-state index is 13.9. The van der Waals surface area contributed by atoms with Crippen molar-refractivity contribution in [3.05, 3.63) is 34.1 Å². The van der Waals surface area contributed by atoms with Gasteiger partial charge < -0.3 is 5.32 Å². The van der Waals surface area contributed by atoms with Crippen LogP contribution in [0.5, 0.6) is 0 Å². The van der Waals surface area contributed by atoms with Crippen LogP contribution in [0.3, 0.4) is 0 Å². The first-order valence-electron chi connectivity index (χ1n) is 6.28. The molecule has 1 N–H and O–H groups in total. The Morgan fingerprint density at radius 1 is 1.35 bits per heavy atom. The van der Waals surface area contributed by atoms with Crippen molar-refractivity contribution >= 4 is 15.9 Å². The van der Waals surface area contributed by atoms with E-state index in [1.807, 2.05) is 12.1 Å². The van der Waals surface area contributed by atoms with Crippen molar-refractivity contribution in [1.29, 1.82) is 0 Å². The quantitative estimate of drug-likeness (QED) is 0.817. The Morgan fingerprint density at radius 3 is 2.59 bits per heavy atom. The maximum Gasteiger partial charge on any atom is 0.127 e. The number of benzene rings is 1. The molecule has 96 valence electrons. The summed E-state index contributed by atoms with van der Waals surface area (Å²) in [7, 11) is 0. The molecule has 1 rings (SSSR count). The predicted molar refractivity (Wildman–Crippen MR) is 74.9 cm³/mol. The fraction of sp³-hybridized carbons (Fsp3) is 0.571. The Hall–Kier alpha value is -0.410. The van der Waals surface area contributed by atoms with Crippen LogP contribution >= 0.6 is 15.9 Å². The molecule has 0 spiro atoms. The van der Waals surface area contributed by atoms with E-state index in [4.69, 9.17) is 0 Å². The van der Waals surface area contributed by atoms with Crippen LogP contribution in [0.1, 0.15) is 45.1 Å². The number of hydrogen-bond donors (Lipinski definition) is 1. The molecule has 0 aliphatic carbocycles. The summed E-state index contributed by atoms with van der Waals surface area (Å²) < 4.78 is 14.7. The molecule has 1 aromatic rings. The van der Waals surface area contributed by atoms with E-state index in [2.05, 4.69) is 42.0 Å². The van der Waals surface area contributed by atoms with Gasteiger partial charge in [0.15, 0.2) is 0 Å². The van der Waals surface area contributed by atoms with Gasteiger partial charge >= 0.3 is 0 Å². The molecule has 0 amide bonds. The Bertz CT molecular complexity index is 354. The fourth-order valence-corrected chi connectivity index (χ4v) is 2.43. The van der Waals surface area contributed by atoms with Gasteiger partial charge in [0.2, 0.25) is 0 Å². The molecule has 17 heavy (non-hydrogen) atoms. The lowest BCUT2D eigenvalue weighted by Gasteiger charge is -2.24. The topological polar surface area (TPSA) is 12.0 Å². The SMILES string of the molecule is CCCNC(CC)C(C)c1ccc(Br)cc1F. The third-order valence-corrected chi connectivity index (χ3v) is 3.65. The summed E-state index contributed by atoms with van der Waals surface area (Å²) in [5, 5.41) is 3.48. The van der Waals surface area contributed by atoms with Crippen molar-refractivity contribution in [2.24, 2.45) is 0 Å². The van der Waals surface area contributed by atoms with Crippen LogP contribution in [0.4, 0.5) is 4.39 Å². The first kappa shape index (κ1) is 14.7. The first-order valence-corrected chi connectivity index (χ1v) is 7.07. The van der Waals surface area contributed by atoms with Gasteiger partial charge in [-0.3, -0.25) is 0 Å². The van der Waals surface area contributed by atoms with Crippen molar-refractivity contribution < 1.29 is 4.39 Å². The van der Waals surface area contributed by atoms with Gasteiger partial charge in [-0.05, 0) is 43.0 Å². The fourth-order valence-electron chi connectivity index (χ4n) is 2.09. The van der Waals surface area contributed by atoms with Crippen LogP contribution in [-0.2, 0) is 0 Å². The van der Waals surface area contributed by atoms with Crippen molar-refractivity contribution in [2.45, 2.75) is 45.6 Å². The monoisotopic (exact) mass is 301 g/mol. The average Bonchev–Trinajstić information content (AvgIpc) is 2.29. The minimum absolute atomic E-state index is 0.122. The molecule has 0 aliphatic rings. The van der Waals surface area contributed by atoms with E-state index < -0.39 is 0 Å². The predicted octanol–water partition coefficient (Wildman–Crippen LogP) is 4.47. The van der Waals surface area contributed by atoms with Gasteiger partial charge in [-0.15, -0.1) is 0 Å². The van der Waals surface area contributed by atoms with Crippen LogP contribution < -0.4 is 5.32 Å². The van der Waals surface area contributed by atoms with Gasteiger partial charge in [0, 0.05) is 10.5 Å². The lowest BCUT2D eigenvalue weighted by Crippen LogP contribution is -2.34. The van der Waals surface area contributed by atoms with Crippen molar-refractivity contribution in [3.8, 4) is 0 Å². The van der Waals surface area contributed by atoms with Crippen LogP contribution in [-0.4, -0.2) is 12.6 Å². The second-order valence-electron chi connectivity index (χ2n) is 4.42. The highest BCUT2D eigenvalue weighted by atomic mass is 79.9. The summed E-state index contributed by atoms with van der Waals surface area (Å²) in [6, 6.07) is 5.66. The molecular formula is C14H21BrFN. The zero-order valence-electron chi connectivity index (χ0n) is 10.8. The van der Waals surface area contributed by atoms with E-state index in [0.717, 1.165) is 29.4 Å². The molecule has 0 aliphatic heterocycles. The molecule has 1 aromatic carbocycles. The lowest BCUT2D eigenvalue weighted by molar-refractivity contribution is 0.427. The zero-order valence-corrected chi connectivity index (χ0v) is 12.3. The Kier molecular flexibility index (Phi) is 6.14. The van der Waals surface area contributed by atoms with Gasteiger partial charge in [-0.1, -0.05) is 42.8 Å². The molecule has 2 atom stereocenters. The number of rotatable bonds is 6. The second-order valence-corrected chi connectivity index (χ2v) is 5.34. The van der Waals surface area contributed by atoms with Gasteiger partial charge in [0.25, 0.3) is 0 Å². The summed E-state index contributed by atoms with van der Waals surface area (Å²) in [6.07, 6.45) is 2.11. The maximum atomic E-state index is 13.9. The molecule has 0 bridgehead atoms. The molecule has 1 nitrogen and oxygen atoms in total. The summed E-state index contributed by atoms with van der Waals surface area (Å²) >= 11 is 3.29.